The van der Waals surface area contributed by atoms with Gasteiger partial charge in [0.1, 0.15) is 0 Å². The van der Waals surface area contributed by atoms with Crippen molar-refractivity contribution in [3.05, 3.63) is 64.3 Å². The van der Waals surface area contributed by atoms with Crippen molar-refractivity contribution in [1.82, 2.24) is 4.98 Å². The fourth-order valence-corrected chi connectivity index (χ4v) is 2.29. The summed E-state index contributed by atoms with van der Waals surface area (Å²) < 4.78 is 0. The van der Waals surface area contributed by atoms with Gasteiger partial charge in [0.2, 0.25) is 0 Å². The quantitative estimate of drug-likeness (QED) is 0.523. The number of hydrogen-bond acceptors (Lipinski definition) is 2. The van der Waals surface area contributed by atoms with E-state index >= 15 is 0 Å². The highest BCUT2D eigenvalue weighted by atomic mass is 35.5. The van der Waals surface area contributed by atoms with Gasteiger partial charge in [-0.05, 0) is 30.3 Å². The summed E-state index contributed by atoms with van der Waals surface area (Å²) in [6.45, 7) is 0. The lowest BCUT2D eigenvalue weighted by atomic mass is 10.2. The van der Waals surface area contributed by atoms with Crippen LogP contribution in [0.5, 0.6) is 0 Å². The Morgan fingerprint density at radius 2 is 1.95 bits per heavy atom. The summed E-state index contributed by atoms with van der Waals surface area (Å²) in [5.41, 5.74) is 5.67. The molecule has 1 heterocycles. The number of hydrazone groups is 1. The Morgan fingerprint density at radius 1 is 1.10 bits per heavy atom. The van der Waals surface area contributed by atoms with Crippen molar-refractivity contribution in [3.63, 3.8) is 0 Å². The molecule has 0 atom stereocenters. The molecule has 0 saturated heterocycles. The van der Waals surface area contributed by atoms with Crippen LogP contribution in [0.1, 0.15) is 5.56 Å². The van der Waals surface area contributed by atoms with Crippen LogP contribution in [-0.4, -0.2) is 11.2 Å². The SMILES string of the molecule is Clc1ccc2[nH]cc(/C=N/Nc3ccccc3Cl)c2c1. The van der Waals surface area contributed by atoms with Gasteiger partial charge in [-0.2, -0.15) is 5.10 Å². The lowest BCUT2D eigenvalue weighted by Gasteiger charge is -2.01. The lowest BCUT2D eigenvalue weighted by Crippen LogP contribution is -1.90. The Hall–Kier alpha value is -1.97. The Balaban J connectivity index is 1.84. The van der Waals surface area contributed by atoms with E-state index in [2.05, 4.69) is 15.5 Å². The summed E-state index contributed by atoms with van der Waals surface area (Å²) in [5.74, 6) is 0. The zero-order valence-corrected chi connectivity index (χ0v) is 11.9. The molecule has 100 valence electrons. The maximum absolute atomic E-state index is 6.04. The molecule has 0 spiro atoms. The van der Waals surface area contributed by atoms with Crippen molar-refractivity contribution < 1.29 is 0 Å². The summed E-state index contributed by atoms with van der Waals surface area (Å²) in [6.07, 6.45) is 3.62. The van der Waals surface area contributed by atoms with E-state index in [0.29, 0.717) is 10.0 Å². The van der Waals surface area contributed by atoms with Crippen molar-refractivity contribution in [2.45, 2.75) is 0 Å². The Bertz CT molecular complexity index is 778. The molecule has 0 fully saturated rings. The molecule has 5 heteroatoms. The van der Waals surface area contributed by atoms with Crippen LogP contribution in [-0.2, 0) is 0 Å². The first kappa shape index (κ1) is 13.0. The first-order valence-electron chi connectivity index (χ1n) is 6.04. The number of aromatic nitrogens is 1. The molecule has 0 unspecified atom stereocenters. The van der Waals surface area contributed by atoms with Gasteiger partial charge >= 0.3 is 0 Å². The molecule has 3 nitrogen and oxygen atoms in total. The molecule has 0 aliphatic carbocycles. The van der Waals surface area contributed by atoms with Gasteiger partial charge in [-0.3, -0.25) is 5.43 Å². The number of para-hydroxylation sites is 1. The van der Waals surface area contributed by atoms with Crippen LogP contribution >= 0.6 is 23.2 Å². The summed E-state index contributed by atoms with van der Waals surface area (Å²) in [4.78, 5) is 3.17. The van der Waals surface area contributed by atoms with Gasteiger partial charge in [-0.25, -0.2) is 0 Å². The van der Waals surface area contributed by atoms with E-state index in [0.717, 1.165) is 22.2 Å². The van der Waals surface area contributed by atoms with E-state index in [1.54, 1.807) is 6.21 Å². The van der Waals surface area contributed by atoms with Crippen LogP contribution in [0.25, 0.3) is 10.9 Å². The highest BCUT2D eigenvalue weighted by Crippen LogP contribution is 2.22. The van der Waals surface area contributed by atoms with Crippen LogP contribution in [0.3, 0.4) is 0 Å². The average molecular weight is 304 g/mol. The molecule has 0 aliphatic rings. The number of fused-ring (bicyclic) bond motifs is 1. The highest BCUT2D eigenvalue weighted by molar-refractivity contribution is 6.33. The molecule has 0 aliphatic heterocycles. The minimum absolute atomic E-state index is 0.631. The second-order valence-corrected chi connectivity index (χ2v) is 5.13. The molecule has 3 aromatic rings. The maximum Gasteiger partial charge on any atom is 0.0748 e. The molecule has 0 amide bonds. The predicted octanol–water partition coefficient (Wildman–Crippen LogP) is 4.92. The smallest absolute Gasteiger partial charge is 0.0748 e. The summed E-state index contributed by atoms with van der Waals surface area (Å²) in [7, 11) is 0. The Morgan fingerprint density at radius 3 is 2.80 bits per heavy atom. The van der Waals surface area contributed by atoms with Crippen LogP contribution < -0.4 is 5.43 Å². The number of halogens is 2. The van der Waals surface area contributed by atoms with Gasteiger partial charge < -0.3 is 4.98 Å². The zero-order valence-electron chi connectivity index (χ0n) is 10.4. The van der Waals surface area contributed by atoms with Gasteiger partial charge in [0.15, 0.2) is 0 Å². The van der Waals surface area contributed by atoms with E-state index in [4.69, 9.17) is 23.2 Å². The van der Waals surface area contributed by atoms with Crippen molar-refractivity contribution >= 4 is 46.0 Å². The number of anilines is 1. The Labute approximate surface area is 126 Å². The molecule has 1 aromatic heterocycles. The van der Waals surface area contributed by atoms with E-state index in [-0.39, 0.29) is 0 Å². The zero-order chi connectivity index (χ0) is 13.9. The Kier molecular flexibility index (Phi) is 3.63. The van der Waals surface area contributed by atoms with E-state index in [1.807, 2.05) is 48.7 Å². The fourth-order valence-electron chi connectivity index (χ4n) is 1.94. The van der Waals surface area contributed by atoms with E-state index < -0.39 is 0 Å². The molecule has 2 aromatic carbocycles. The molecule has 0 bridgehead atoms. The van der Waals surface area contributed by atoms with Crippen LogP contribution in [0.4, 0.5) is 5.69 Å². The molecule has 0 radical (unpaired) electrons. The second-order valence-electron chi connectivity index (χ2n) is 4.28. The van der Waals surface area contributed by atoms with Crippen molar-refractivity contribution in [3.8, 4) is 0 Å². The number of benzene rings is 2. The fraction of sp³-hybridized carbons (Fsp3) is 0. The molecule has 3 rings (SSSR count). The third kappa shape index (κ3) is 2.64. The number of H-pyrrole nitrogens is 1. The van der Waals surface area contributed by atoms with Crippen molar-refractivity contribution in [1.29, 1.82) is 0 Å². The maximum atomic E-state index is 6.04. The van der Waals surface area contributed by atoms with E-state index in [9.17, 15) is 0 Å². The van der Waals surface area contributed by atoms with Gasteiger partial charge in [0.05, 0.1) is 16.9 Å². The molecular formula is C15H11Cl2N3. The van der Waals surface area contributed by atoms with Gasteiger partial charge in [-0.1, -0.05) is 35.3 Å². The highest BCUT2D eigenvalue weighted by Gasteiger charge is 2.02. The van der Waals surface area contributed by atoms with Crippen molar-refractivity contribution in [2.24, 2.45) is 5.10 Å². The third-order valence-corrected chi connectivity index (χ3v) is 3.50. The molecular weight excluding hydrogens is 293 g/mol. The minimum atomic E-state index is 0.631. The first-order valence-corrected chi connectivity index (χ1v) is 6.80. The molecule has 2 N–H and O–H groups in total. The van der Waals surface area contributed by atoms with Gasteiger partial charge in [-0.15, -0.1) is 0 Å². The number of aromatic amines is 1. The standard InChI is InChI=1S/C15H11Cl2N3/c16-11-5-6-14-12(7-11)10(8-18-14)9-19-20-15-4-2-1-3-13(15)17/h1-9,18,20H/b19-9+. The minimum Gasteiger partial charge on any atom is -0.361 e. The number of hydrogen-bond donors (Lipinski definition) is 2. The predicted molar refractivity (Wildman–Crippen MR) is 86.0 cm³/mol. The third-order valence-electron chi connectivity index (χ3n) is 2.94. The molecule has 0 saturated carbocycles. The van der Waals surface area contributed by atoms with Crippen LogP contribution in [0.15, 0.2) is 53.8 Å². The summed E-state index contributed by atoms with van der Waals surface area (Å²) in [5, 5.41) is 6.56. The number of rotatable bonds is 3. The summed E-state index contributed by atoms with van der Waals surface area (Å²) in [6, 6.07) is 13.1. The van der Waals surface area contributed by atoms with Crippen molar-refractivity contribution in [2.75, 3.05) is 5.43 Å². The largest absolute Gasteiger partial charge is 0.361 e. The van der Waals surface area contributed by atoms with Gasteiger partial charge in [0.25, 0.3) is 0 Å². The van der Waals surface area contributed by atoms with E-state index in [1.165, 1.54) is 0 Å². The van der Waals surface area contributed by atoms with Crippen LogP contribution in [0, 0.1) is 0 Å². The summed E-state index contributed by atoms with van der Waals surface area (Å²) >= 11 is 12.0. The average Bonchev–Trinajstić information content (AvgIpc) is 2.83. The van der Waals surface area contributed by atoms with Crippen LogP contribution in [0.2, 0.25) is 10.0 Å². The van der Waals surface area contributed by atoms with Gasteiger partial charge in [0, 0.05) is 27.7 Å². The molecule has 20 heavy (non-hydrogen) atoms. The first-order chi connectivity index (χ1) is 9.74. The lowest BCUT2D eigenvalue weighted by molar-refractivity contribution is 1.35. The monoisotopic (exact) mass is 303 g/mol. The topological polar surface area (TPSA) is 40.2 Å². The number of nitrogens with one attached hydrogen (secondary N) is 2. The number of nitrogens with zero attached hydrogens (tertiary/aromatic N) is 1. The second kappa shape index (κ2) is 5.57. The normalized spacial score (nSPS) is 11.3.